The molecule has 0 saturated heterocycles. The van der Waals surface area contributed by atoms with Crippen molar-refractivity contribution in [3.8, 4) is 5.75 Å². The van der Waals surface area contributed by atoms with Crippen LogP contribution in [0.4, 0.5) is 0 Å². The number of hydrogen-bond donors (Lipinski definition) is 1. The van der Waals surface area contributed by atoms with E-state index < -0.39 is 11.8 Å². The van der Waals surface area contributed by atoms with Gasteiger partial charge in [-0.2, -0.15) is 4.89 Å². The molecule has 0 aliphatic carbocycles. The Morgan fingerprint density at radius 3 is 2.57 bits per heavy atom. The van der Waals surface area contributed by atoms with E-state index in [0.717, 1.165) is 5.56 Å². The average Bonchev–Trinajstić information content (AvgIpc) is 3.30. The number of cyclic esters (lactones) is 1. The smallest absolute Gasteiger partial charge is 0.345 e. The van der Waals surface area contributed by atoms with E-state index in [0.29, 0.717) is 21.9 Å². The summed E-state index contributed by atoms with van der Waals surface area (Å²) in [5.74, 6) is -1.83. The fraction of sp³-hybridized carbons (Fsp3) is 0.190. The van der Waals surface area contributed by atoms with Gasteiger partial charge in [-0.15, -0.1) is 0 Å². The molecule has 7 heteroatoms. The number of carbonyl (C=O) groups excluding carboxylic acids is 1. The number of methoxy groups -OCH3 is 1. The normalized spacial score (nSPS) is 21.4. The summed E-state index contributed by atoms with van der Waals surface area (Å²) in [7, 11) is 1.55. The molecule has 1 unspecified atom stereocenters. The van der Waals surface area contributed by atoms with Gasteiger partial charge in [0.25, 0.3) is 5.79 Å². The minimum atomic E-state index is -1.97. The lowest BCUT2D eigenvalue weighted by Crippen LogP contribution is -2.29. The SMILES string of the molecule is COc1ccc(C2(O)OC(=O)C(C3=CCOO3)=C2Cc2ccccc2Cl)cc1. The second-order valence-electron chi connectivity index (χ2n) is 6.32. The van der Waals surface area contributed by atoms with Crippen LogP contribution in [0.3, 0.4) is 0 Å². The minimum Gasteiger partial charge on any atom is -0.497 e. The highest BCUT2D eigenvalue weighted by atomic mass is 35.5. The number of rotatable bonds is 5. The van der Waals surface area contributed by atoms with Crippen molar-refractivity contribution >= 4 is 17.6 Å². The lowest BCUT2D eigenvalue weighted by atomic mass is 9.89. The van der Waals surface area contributed by atoms with E-state index in [9.17, 15) is 9.90 Å². The summed E-state index contributed by atoms with van der Waals surface area (Å²) in [6.07, 6.45) is 1.80. The minimum absolute atomic E-state index is 0.135. The predicted molar refractivity (Wildman–Crippen MR) is 100 cm³/mol. The van der Waals surface area contributed by atoms with Gasteiger partial charge in [-0.25, -0.2) is 4.79 Å². The van der Waals surface area contributed by atoms with Crippen molar-refractivity contribution in [2.75, 3.05) is 13.7 Å². The molecule has 0 saturated carbocycles. The van der Waals surface area contributed by atoms with E-state index in [1.54, 1.807) is 43.5 Å². The lowest BCUT2D eigenvalue weighted by Gasteiger charge is -2.26. The van der Waals surface area contributed by atoms with Crippen molar-refractivity contribution in [1.29, 1.82) is 0 Å². The standard InChI is InChI=1S/C21H17ClO6/c1-25-15-8-6-14(7-9-15)21(24)16(12-13-4-2-3-5-17(13)22)19(20(23)27-21)18-10-11-26-28-18/h2-10,24H,11-12H2,1H3. The second-order valence-corrected chi connectivity index (χ2v) is 6.73. The molecule has 4 rings (SSSR count). The van der Waals surface area contributed by atoms with Gasteiger partial charge >= 0.3 is 5.97 Å². The Bertz CT molecular complexity index is 979. The Kier molecular flexibility index (Phi) is 4.85. The van der Waals surface area contributed by atoms with Crippen LogP contribution in [0.25, 0.3) is 0 Å². The van der Waals surface area contributed by atoms with E-state index in [1.165, 1.54) is 0 Å². The molecule has 0 radical (unpaired) electrons. The highest BCUT2D eigenvalue weighted by Crippen LogP contribution is 2.44. The van der Waals surface area contributed by atoms with E-state index in [2.05, 4.69) is 0 Å². The zero-order valence-electron chi connectivity index (χ0n) is 15.0. The number of esters is 1. The van der Waals surface area contributed by atoms with Crippen molar-refractivity contribution < 1.29 is 29.1 Å². The Labute approximate surface area is 166 Å². The molecule has 0 fully saturated rings. The van der Waals surface area contributed by atoms with Gasteiger partial charge in [0.1, 0.15) is 17.9 Å². The number of carbonyl (C=O) groups is 1. The molecule has 0 spiro atoms. The summed E-state index contributed by atoms with van der Waals surface area (Å²) >= 11 is 6.31. The van der Waals surface area contributed by atoms with Gasteiger partial charge in [0.2, 0.25) is 0 Å². The van der Waals surface area contributed by atoms with Crippen LogP contribution < -0.4 is 4.74 Å². The van der Waals surface area contributed by atoms with Crippen LogP contribution in [0.2, 0.25) is 5.02 Å². The first kappa shape index (κ1) is 18.6. The van der Waals surface area contributed by atoms with Gasteiger partial charge in [-0.05, 0) is 42.0 Å². The summed E-state index contributed by atoms with van der Waals surface area (Å²) < 4.78 is 10.6. The topological polar surface area (TPSA) is 74.2 Å². The molecule has 144 valence electrons. The molecule has 1 N–H and O–H groups in total. The average molecular weight is 401 g/mol. The van der Waals surface area contributed by atoms with Crippen LogP contribution in [0.1, 0.15) is 11.1 Å². The molecule has 2 aliphatic rings. The molecule has 2 heterocycles. The fourth-order valence-electron chi connectivity index (χ4n) is 3.26. The number of hydrogen-bond acceptors (Lipinski definition) is 6. The zero-order chi connectivity index (χ0) is 19.7. The van der Waals surface area contributed by atoms with E-state index in [1.807, 2.05) is 18.2 Å². The molecule has 2 aromatic rings. The summed E-state index contributed by atoms with van der Waals surface area (Å²) in [6.45, 7) is 0.201. The molecule has 2 aromatic carbocycles. The molecule has 0 aromatic heterocycles. The van der Waals surface area contributed by atoms with Crippen LogP contribution >= 0.6 is 11.6 Å². The first-order valence-electron chi connectivity index (χ1n) is 8.60. The highest BCUT2D eigenvalue weighted by molar-refractivity contribution is 6.31. The first-order valence-corrected chi connectivity index (χ1v) is 8.98. The highest BCUT2D eigenvalue weighted by Gasteiger charge is 2.49. The second kappa shape index (κ2) is 7.31. The summed E-state index contributed by atoms with van der Waals surface area (Å²) in [4.78, 5) is 22.7. The summed E-state index contributed by atoms with van der Waals surface area (Å²) in [5, 5.41) is 11.9. The molecular weight excluding hydrogens is 384 g/mol. The largest absolute Gasteiger partial charge is 0.497 e. The third kappa shape index (κ3) is 3.16. The van der Waals surface area contributed by atoms with Gasteiger partial charge in [-0.1, -0.05) is 29.8 Å². The van der Waals surface area contributed by atoms with Crippen molar-refractivity contribution in [2.45, 2.75) is 12.2 Å². The van der Waals surface area contributed by atoms with Crippen molar-refractivity contribution in [2.24, 2.45) is 0 Å². The Balaban J connectivity index is 1.85. The molecule has 28 heavy (non-hydrogen) atoms. The molecule has 0 amide bonds. The third-order valence-corrected chi connectivity index (χ3v) is 5.06. The molecule has 6 nitrogen and oxygen atoms in total. The maximum atomic E-state index is 12.7. The van der Waals surface area contributed by atoms with Gasteiger partial charge < -0.3 is 19.5 Å². The van der Waals surface area contributed by atoms with E-state index in [4.69, 9.17) is 30.8 Å². The number of aliphatic hydroxyl groups is 1. The molecule has 2 aliphatic heterocycles. The van der Waals surface area contributed by atoms with Crippen LogP contribution in [0.15, 0.2) is 71.5 Å². The fourth-order valence-corrected chi connectivity index (χ4v) is 3.47. The van der Waals surface area contributed by atoms with Crippen LogP contribution in [-0.4, -0.2) is 24.8 Å². The predicted octanol–water partition coefficient (Wildman–Crippen LogP) is 3.44. The van der Waals surface area contributed by atoms with Gasteiger partial charge in [0.15, 0.2) is 5.76 Å². The zero-order valence-corrected chi connectivity index (χ0v) is 15.7. The van der Waals surface area contributed by atoms with Crippen LogP contribution in [-0.2, 0) is 31.5 Å². The van der Waals surface area contributed by atoms with Crippen LogP contribution in [0.5, 0.6) is 5.75 Å². The number of halogens is 1. The number of benzene rings is 2. The monoisotopic (exact) mass is 400 g/mol. The maximum Gasteiger partial charge on any atom is 0.345 e. The van der Waals surface area contributed by atoms with E-state index in [-0.39, 0.29) is 24.4 Å². The Morgan fingerprint density at radius 2 is 1.93 bits per heavy atom. The van der Waals surface area contributed by atoms with Gasteiger partial charge in [0, 0.05) is 22.6 Å². The van der Waals surface area contributed by atoms with Crippen molar-refractivity contribution in [3.05, 3.63) is 87.7 Å². The third-order valence-electron chi connectivity index (χ3n) is 4.69. The summed E-state index contributed by atoms with van der Waals surface area (Å²) in [6, 6.07) is 13.9. The van der Waals surface area contributed by atoms with Gasteiger partial charge in [-0.3, -0.25) is 0 Å². The van der Waals surface area contributed by atoms with Gasteiger partial charge in [0.05, 0.1) is 7.11 Å². The Hall–Kier alpha value is -2.80. The Morgan fingerprint density at radius 1 is 1.18 bits per heavy atom. The summed E-state index contributed by atoms with van der Waals surface area (Å²) in [5.41, 5.74) is 1.59. The first-order chi connectivity index (χ1) is 13.5. The van der Waals surface area contributed by atoms with Crippen molar-refractivity contribution in [1.82, 2.24) is 0 Å². The van der Waals surface area contributed by atoms with E-state index >= 15 is 0 Å². The van der Waals surface area contributed by atoms with Crippen LogP contribution in [0, 0.1) is 0 Å². The quantitative estimate of drug-likeness (QED) is 0.612. The maximum absolute atomic E-state index is 12.7. The molecule has 0 bridgehead atoms. The number of ether oxygens (including phenoxy) is 2. The molecular formula is C21H17ClO6. The van der Waals surface area contributed by atoms with Crippen molar-refractivity contribution in [3.63, 3.8) is 0 Å². The molecule has 1 atom stereocenters. The lowest BCUT2D eigenvalue weighted by molar-refractivity contribution is -0.231.